The summed E-state index contributed by atoms with van der Waals surface area (Å²) in [7, 11) is 0. The lowest BCUT2D eigenvalue weighted by Gasteiger charge is -2.09. The number of aromatic nitrogens is 1. The number of hydrogen-bond acceptors (Lipinski definition) is 4. The predicted octanol–water partition coefficient (Wildman–Crippen LogP) is 1.04. The third-order valence-electron chi connectivity index (χ3n) is 1.45. The lowest BCUT2D eigenvalue weighted by atomic mass is 10.2. The summed E-state index contributed by atoms with van der Waals surface area (Å²) >= 11 is 1.32. The van der Waals surface area contributed by atoms with E-state index in [9.17, 15) is 4.79 Å². The molecule has 5 heteroatoms. The standard InChI is InChI=1S/C8H10N2O2S/c1-2-3-10-7(8(11)12)6-4-9-5-13-6/h2,4-5,7,10H,1,3H2,(H,11,12). The molecule has 1 aromatic rings. The highest BCUT2D eigenvalue weighted by Crippen LogP contribution is 2.16. The Kier molecular flexibility index (Phi) is 3.60. The maximum atomic E-state index is 10.8. The molecule has 1 heterocycles. The first-order valence-corrected chi connectivity index (χ1v) is 4.59. The minimum Gasteiger partial charge on any atom is -0.480 e. The Morgan fingerprint density at radius 3 is 3.15 bits per heavy atom. The van der Waals surface area contributed by atoms with Crippen molar-refractivity contribution in [1.29, 1.82) is 0 Å². The lowest BCUT2D eigenvalue weighted by Crippen LogP contribution is -2.27. The van der Waals surface area contributed by atoms with Gasteiger partial charge in [-0.2, -0.15) is 0 Å². The van der Waals surface area contributed by atoms with Crippen LogP contribution >= 0.6 is 11.3 Å². The molecule has 0 spiro atoms. The van der Waals surface area contributed by atoms with Crippen LogP contribution in [0.4, 0.5) is 0 Å². The van der Waals surface area contributed by atoms with Gasteiger partial charge in [-0.1, -0.05) is 6.08 Å². The molecule has 2 N–H and O–H groups in total. The second-order valence-electron chi connectivity index (χ2n) is 2.37. The number of thiazole rings is 1. The lowest BCUT2D eigenvalue weighted by molar-refractivity contribution is -0.139. The van der Waals surface area contributed by atoms with Gasteiger partial charge in [0.25, 0.3) is 0 Å². The Morgan fingerprint density at radius 1 is 1.92 bits per heavy atom. The summed E-state index contributed by atoms with van der Waals surface area (Å²) in [5.74, 6) is -0.897. The smallest absolute Gasteiger partial charge is 0.326 e. The van der Waals surface area contributed by atoms with Gasteiger partial charge in [0.2, 0.25) is 0 Å². The zero-order valence-corrected chi connectivity index (χ0v) is 7.75. The van der Waals surface area contributed by atoms with Gasteiger partial charge in [-0.15, -0.1) is 17.9 Å². The van der Waals surface area contributed by atoms with E-state index >= 15 is 0 Å². The third kappa shape index (κ3) is 2.64. The average Bonchev–Trinajstić information content (AvgIpc) is 2.57. The van der Waals surface area contributed by atoms with Crippen LogP contribution in [0.5, 0.6) is 0 Å². The van der Waals surface area contributed by atoms with Crippen molar-refractivity contribution in [2.75, 3.05) is 6.54 Å². The third-order valence-corrected chi connectivity index (χ3v) is 2.29. The monoisotopic (exact) mass is 198 g/mol. The van der Waals surface area contributed by atoms with Crippen LogP contribution < -0.4 is 5.32 Å². The Labute approximate surface area is 79.9 Å². The summed E-state index contributed by atoms with van der Waals surface area (Å²) in [5, 5.41) is 11.7. The van der Waals surface area contributed by atoms with Gasteiger partial charge >= 0.3 is 5.97 Å². The largest absolute Gasteiger partial charge is 0.480 e. The Balaban J connectivity index is 2.68. The van der Waals surface area contributed by atoms with Gasteiger partial charge in [0.1, 0.15) is 6.04 Å². The van der Waals surface area contributed by atoms with Gasteiger partial charge < -0.3 is 5.11 Å². The number of carboxylic acid groups (broad SMARTS) is 1. The van der Waals surface area contributed by atoms with Crippen molar-refractivity contribution in [2.45, 2.75) is 6.04 Å². The number of nitrogens with zero attached hydrogens (tertiary/aromatic N) is 1. The van der Waals surface area contributed by atoms with Gasteiger partial charge in [0.05, 0.1) is 10.4 Å². The molecule has 0 aliphatic carbocycles. The highest BCUT2D eigenvalue weighted by molar-refractivity contribution is 7.09. The molecule has 13 heavy (non-hydrogen) atoms. The summed E-state index contributed by atoms with van der Waals surface area (Å²) in [5.41, 5.74) is 1.61. The summed E-state index contributed by atoms with van der Waals surface area (Å²) in [4.78, 5) is 15.3. The zero-order valence-electron chi connectivity index (χ0n) is 6.93. The van der Waals surface area contributed by atoms with Crippen LogP contribution in [0.3, 0.4) is 0 Å². The molecule has 4 nitrogen and oxygen atoms in total. The number of hydrogen-bond donors (Lipinski definition) is 2. The Hall–Kier alpha value is -1.20. The summed E-state index contributed by atoms with van der Waals surface area (Å²) in [6.07, 6.45) is 3.18. The summed E-state index contributed by atoms with van der Waals surface area (Å²) < 4.78 is 0. The number of aliphatic carboxylic acids is 1. The number of carboxylic acids is 1. The molecular weight excluding hydrogens is 188 g/mol. The fourth-order valence-corrected chi connectivity index (χ4v) is 1.56. The van der Waals surface area contributed by atoms with E-state index in [1.165, 1.54) is 11.3 Å². The molecule has 0 amide bonds. The van der Waals surface area contributed by atoms with E-state index in [4.69, 9.17) is 5.11 Å². The van der Waals surface area contributed by atoms with E-state index in [0.717, 1.165) is 0 Å². The first-order valence-electron chi connectivity index (χ1n) is 3.71. The molecule has 0 radical (unpaired) electrons. The van der Waals surface area contributed by atoms with Crippen LogP contribution in [-0.4, -0.2) is 22.6 Å². The molecule has 1 aromatic heterocycles. The molecule has 0 aliphatic heterocycles. The molecule has 0 saturated heterocycles. The molecule has 70 valence electrons. The van der Waals surface area contributed by atoms with E-state index in [2.05, 4.69) is 16.9 Å². The van der Waals surface area contributed by atoms with E-state index < -0.39 is 12.0 Å². The first kappa shape index (κ1) is 9.88. The Morgan fingerprint density at radius 2 is 2.69 bits per heavy atom. The van der Waals surface area contributed by atoms with Crippen LogP contribution in [-0.2, 0) is 4.79 Å². The first-order chi connectivity index (χ1) is 6.25. The van der Waals surface area contributed by atoms with Crippen molar-refractivity contribution in [3.63, 3.8) is 0 Å². The van der Waals surface area contributed by atoms with Crippen LogP contribution in [0.15, 0.2) is 24.4 Å². The molecule has 1 unspecified atom stereocenters. The van der Waals surface area contributed by atoms with Gasteiger partial charge in [-0.25, -0.2) is 0 Å². The summed E-state index contributed by atoms with van der Waals surface area (Å²) in [6, 6.07) is -0.675. The van der Waals surface area contributed by atoms with E-state index in [1.807, 2.05) is 0 Å². The van der Waals surface area contributed by atoms with Crippen molar-refractivity contribution in [3.05, 3.63) is 29.2 Å². The quantitative estimate of drug-likeness (QED) is 0.694. The fraction of sp³-hybridized carbons (Fsp3) is 0.250. The van der Waals surface area contributed by atoms with Gasteiger partial charge in [-0.05, 0) is 0 Å². The highest BCUT2D eigenvalue weighted by atomic mass is 32.1. The highest BCUT2D eigenvalue weighted by Gasteiger charge is 2.19. The van der Waals surface area contributed by atoms with Crippen molar-refractivity contribution < 1.29 is 9.90 Å². The predicted molar refractivity (Wildman–Crippen MR) is 50.7 cm³/mol. The van der Waals surface area contributed by atoms with Gasteiger partial charge in [0, 0.05) is 12.7 Å². The molecule has 1 rings (SSSR count). The molecule has 0 fully saturated rings. The molecule has 1 atom stereocenters. The average molecular weight is 198 g/mol. The van der Waals surface area contributed by atoms with E-state index in [0.29, 0.717) is 11.4 Å². The number of carbonyl (C=O) groups is 1. The van der Waals surface area contributed by atoms with E-state index in [-0.39, 0.29) is 0 Å². The van der Waals surface area contributed by atoms with Crippen LogP contribution in [0, 0.1) is 0 Å². The van der Waals surface area contributed by atoms with Crippen molar-refractivity contribution >= 4 is 17.3 Å². The van der Waals surface area contributed by atoms with Crippen molar-refractivity contribution in [2.24, 2.45) is 0 Å². The second-order valence-corrected chi connectivity index (χ2v) is 3.29. The topological polar surface area (TPSA) is 62.2 Å². The van der Waals surface area contributed by atoms with Crippen molar-refractivity contribution in [3.8, 4) is 0 Å². The minimum atomic E-state index is -0.897. The maximum Gasteiger partial charge on any atom is 0.326 e. The van der Waals surface area contributed by atoms with Crippen LogP contribution in [0.25, 0.3) is 0 Å². The summed E-state index contributed by atoms with van der Waals surface area (Å²) in [6.45, 7) is 3.97. The van der Waals surface area contributed by atoms with Crippen LogP contribution in [0.2, 0.25) is 0 Å². The second kappa shape index (κ2) is 4.74. The maximum absolute atomic E-state index is 10.8. The fourth-order valence-electron chi connectivity index (χ4n) is 0.879. The molecule has 0 aliphatic rings. The molecule has 0 saturated carbocycles. The SMILES string of the molecule is C=CCNC(C(=O)O)c1cncs1. The number of rotatable bonds is 5. The van der Waals surface area contributed by atoms with Crippen LogP contribution in [0.1, 0.15) is 10.9 Å². The normalized spacial score (nSPS) is 12.3. The number of nitrogens with one attached hydrogen (secondary N) is 1. The van der Waals surface area contributed by atoms with Gasteiger partial charge in [0.15, 0.2) is 0 Å². The molecule has 0 bridgehead atoms. The molecule has 0 aromatic carbocycles. The van der Waals surface area contributed by atoms with E-state index in [1.54, 1.807) is 17.8 Å². The Bertz CT molecular complexity index is 284. The molecular formula is C8H10N2O2S. The zero-order chi connectivity index (χ0) is 9.68. The van der Waals surface area contributed by atoms with Gasteiger partial charge in [-0.3, -0.25) is 15.1 Å². The minimum absolute atomic E-state index is 0.467. The van der Waals surface area contributed by atoms with Crippen molar-refractivity contribution in [1.82, 2.24) is 10.3 Å².